The molecular weight excluding hydrogens is 240 g/mol. The van der Waals surface area contributed by atoms with Crippen molar-refractivity contribution in [2.75, 3.05) is 26.3 Å². The summed E-state index contributed by atoms with van der Waals surface area (Å²) in [6, 6.07) is 0. The summed E-state index contributed by atoms with van der Waals surface area (Å²) in [7, 11) is 0. The van der Waals surface area contributed by atoms with E-state index >= 15 is 0 Å². The van der Waals surface area contributed by atoms with Gasteiger partial charge in [0.05, 0.1) is 5.41 Å². The Morgan fingerprint density at radius 1 is 1.26 bits per heavy atom. The molecule has 1 amide bonds. The largest absolute Gasteiger partial charge is 0.381 e. The lowest BCUT2D eigenvalue weighted by Crippen LogP contribution is -2.47. The predicted octanol–water partition coefficient (Wildman–Crippen LogP) is 2.07. The van der Waals surface area contributed by atoms with Gasteiger partial charge in [0.25, 0.3) is 0 Å². The minimum atomic E-state index is -0.353. The maximum atomic E-state index is 12.5. The molecule has 1 heterocycles. The molecule has 0 spiro atoms. The molecule has 4 heteroatoms. The van der Waals surface area contributed by atoms with E-state index in [0.29, 0.717) is 12.5 Å². The average molecular weight is 270 g/mol. The van der Waals surface area contributed by atoms with Crippen LogP contribution in [0.1, 0.15) is 52.4 Å². The lowest BCUT2D eigenvalue weighted by molar-refractivity contribution is -0.131. The van der Waals surface area contributed by atoms with Crippen molar-refractivity contribution in [3.63, 3.8) is 0 Å². The van der Waals surface area contributed by atoms with Gasteiger partial charge in [-0.05, 0) is 31.6 Å². The van der Waals surface area contributed by atoms with Crippen molar-refractivity contribution < 1.29 is 9.53 Å². The third kappa shape index (κ3) is 4.77. The van der Waals surface area contributed by atoms with Crippen molar-refractivity contribution >= 4 is 5.91 Å². The molecule has 1 aliphatic heterocycles. The number of hydrogen-bond acceptors (Lipinski definition) is 3. The number of rotatable bonds is 8. The Labute approximate surface area is 117 Å². The molecule has 0 unspecified atom stereocenters. The molecule has 0 aromatic rings. The summed E-state index contributed by atoms with van der Waals surface area (Å²) < 4.78 is 5.34. The Balaban J connectivity index is 2.50. The van der Waals surface area contributed by atoms with Gasteiger partial charge in [0.1, 0.15) is 0 Å². The predicted molar refractivity (Wildman–Crippen MR) is 77.9 cm³/mol. The summed E-state index contributed by atoms with van der Waals surface area (Å²) in [4.78, 5) is 12.5. The van der Waals surface area contributed by atoms with E-state index in [4.69, 9.17) is 10.5 Å². The molecule has 0 radical (unpaired) electrons. The van der Waals surface area contributed by atoms with E-state index in [1.165, 1.54) is 0 Å². The van der Waals surface area contributed by atoms with Crippen molar-refractivity contribution in [1.29, 1.82) is 0 Å². The minimum absolute atomic E-state index is 0.158. The van der Waals surface area contributed by atoms with Gasteiger partial charge in [0, 0.05) is 26.3 Å². The highest BCUT2D eigenvalue weighted by Crippen LogP contribution is 2.29. The molecule has 0 atom stereocenters. The first-order valence-electron chi connectivity index (χ1n) is 7.74. The van der Waals surface area contributed by atoms with Crippen molar-refractivity contribution in [1.82, 2.24) is 5.32 Å². The van der Waals surface area contributed by atoms with E-state index in [-0.39, 0.29) is 11.3 Å². The zero-order valence-electron chi connectivity index (χ0n) is 12.5. The van der Waals surface area contributed by atoms with Gasteiger partial charge in [-0.25, -0.2) is 0 Å². The van der Waals surface area contributed by atoms with Crippen LogP contribution in [0.3, 0.4) is 0 Å². The van der Waals surface area contributed by atoms with Crippen LogP contribution in [0.5, 0.6) is 0 Å². The lowest BCUT2D eigenvalue weighted by Gasteiger charge is -2.32. The van der Waals surface area contributed by atoms with E-state index in [1.54, 1.807) is 0 Å². The van der Waals surface area contributed by atoms with Crippen LogP contribution in [0.4, 0.5) is 0 Å². The first-order chi connectivity index (χ1) is 9.18. The van der Waals surface area contributed by atoms with Crippen molar-refractivity contribution in [3.05, 3.63) is 0 Å². The molecule has 0 saturated carbocycles. The minimum Gasteiger partial charge on any atom is -0.381 e. The molecule has 0 aromatic heterocycles. The average Bonchev–Trinajstić information content (AvgIpc) is 2.45. The third-order valence-electron chi connectivity index (χ3n) is 4.22. The van der Waals surface area contributed by atoms with Gasteiger partial charge in [-0.1, -0.05) is 26.7 Å². The highest BCUT2D eigenvalue weighted by atomic mass is 16.5. The molecule has 0 bridgehead atoms. The van der Waals surface area contributed by atoms with E-state index in [9.17, 15) is 4.79 Å². The highest BCUT2D eigenvalue weighted by Gasteiger charge is 2.35. The number of ether oxygens (including phenoxy) is 1. The van der Waals surface area contributed by atoms with Gasteiger partial charge in [-0.3, -0.25) is 4.79 Å². The molecule has 1 rings (SSSR count). The van der Waals surface area contributed by atoms with Crippen LogP contribution in [0, 0.1) is 11.3 Å². The molecule has 1 fully saturated rings. The SMILES string of the molecule is CCCC(CN)(CCC)C(=O)NCC1CCOCC1. The monoisotopic (exact) mass is 270 g/mol. The van der Waals surface area contributed by atoms with Crippen LogP contribution in [0.2, 0.25) is 0 Å². The zero-order valence-corrected chi connectivity index (χ0v) is 12.5. The topological polar surface area (TPSA) is 64.4 Å². The summed E-state index contributed by atoms with van der Waals surface area (Å²) in [5.74, 6) is 0.724. The van der Waals surface area contributed by atoms with Crippen LogP contribution in [0.25, 0.3) is 0 Å². The second-order valence-corrected chi connectivity index (χ2v) is 5.75. The molecule has 112 valence electrons. The molecule has 1 aliphatic rings. The zero-order chi connectivity index (χ0) is 14.1. The van der Waals surface area contributed by atoms with Crippen LogP contribution in [-0.4, -0.2) is 32.2 Å². The van der Waals surface area contributed by atoms with Gasteiger partial charge in [-0.2, -0.15) is 0 Å². The maximum Gasteiger partial charge on any atom is 0.227 e. The van der Waals surface area contributed by atoms with E-state index < -0.39 is 0 Å². The Bertz CT molecular complexity index is 257. The summed E-state index contributed by atoms with van der Waals surface area (Å²) in [6.07, 6.45) is 5.88. The van der Waals surface area contributed by atoms with Gasteiger partial charge in [0.2, 0.25) is 5.91 Å². The fraction of sp³-hybridized carbons (Fsp3) is 0.933. The third-order valence-corrected chi connectivity index (χ3v) is 4.22. The van der Waals surface area contributed by atoms with E-state index in [0.717, 1.165) is 58.3 Å². The first kappa shape index (κ1) is 16.4. The van der Waals surface area contributed by atoms with Gasteiger partial charge in [-0.15, -0.1) is 0 Å². The molecule has 19 heavy (non-hydrogen) atoms. The Hall–Kier alpha value is -0.610. The van der Waals surface area contributed by atoms with Crippen molar-refractivity contribution in [2.24, 2.45) is 17.1 Å². The number of nitrogens with one attached hydrogen (secondary N) is 1. The van der Waals surface area contributed by atoms with Gasteiger partial charge in [0.15, 0.2) is 0 Å². The summed E-state index contributed by atoms with van der Waals surface area (Å²) in [5, 5.41) is 3.14. The normalized spacial score (nSPS) is 17.4. The number of carbonyl (C=O) groups is 1. The van der Waals surface area contributed by atoms with Crippen LogP contribution in [-0.2, 0) is 9.53 Å². The van der Waals surface area contributed by atoms with Crippen molar-refractivity contribution in [3.8, 4) is 0 Å². The highest BCUT2D eigenvalue weighted by molar-refractivity contribution is 5.82. The van der Waals surface area contributed by atoms with Crippen LogP contribution < -0.4 is 11.1 Å². The lowest BCUT2D eigenvalue weighted by atomic mass is 9.78. The number of hydrogen-bond donors (Lipinski definition) is 2. The number of carbonyl (C=O) groups excluding carboxylic acids is 1. The first-order valence-corrected chi connectivity index (χ1v) is 7.74. The smallest absolute Gasteiger partial charge is 0.227 e. The Morgan fingerprint density at radius 2 is 1.84 bits per heavy atom. The molecule has 1 saturated heterocycles. The second kappa shape index (κ2) is 8.54. The molecular formula is C15H30N2O2. The maximum absolute atomic E-state index is 12.5. The van der Waals surface area contributed by atoms with Crippen molar-refractivity contribution in [2.45, 2.75) is 52.4 Å². The summed E-state index contributed by atoms with van der Waals surface area (Å²) >= 11 is 0. The summed E-state index contributed by atoms with van der Waals surface area (Å²) in [5.41, 5.74) is 5.56. The molecule has 0 aromatic carbocycles. The quantitative estimate of drug-likeness (QED) is 0.709. The van der Waals surface area contributed by atoms with Crippen LogP contribution in [0.15, 0.2) is 0 Å². The van der Waals surface area contributed by atoms with E-state index in [2.05, 4.69) is 19.2 Å². The number of nitrogens with two attached hydrogens (primary N) is 1. The van der Waals surface area contributed by atoms with E-state index in [1.807, 2.05) is 0 Å². The standard InChI is InChI=1S/C15H30N2O2/c1-3-7-15(12-16,8-4-2)14(18)17-11-13-5-9-19-10-6-13/h13H,3-12,16H2,1-2H3,(H,17,18). The second-order valence-electron chi connectivity index (χ2n) is 5.75. The fourth-order valence-corrected chi connectivity index (χ4v) is 2.98. The fourth-order valence-electron chi connectivity index (χ4n) is 2.98. The van der Waals surface area contributed by atoms with Crippen LogP contribution >= 0.6 is 0 Å². The molecule has 3 N–H and O–H groups in total. The number of amides is 1. The van der Waals surface area contributed by atoms with Gasteiger partial charge < -0.3 is 15.8 Å². The molecule has 4 nitrogen and oxygen atoms in total. The Kier molecular flexibility index (Phi) is 7.39. The van der Waals surface area contributed by atoms with Gasteiger partial charge >= 0.3 is 0 Å². The summed E-state index contributed by atoms with van der Waals surface area (Å²) in [6.45, 7) is 7.11. The molecule has 0 aliphatic carbocycles. The Morgan fingerprint density at radius 3 is 2.32 bits per heavy atom.